The van der Waals surface area contributed by atoms with Crippen molar-refractivity contribution in [1.82, 2.24) is 19.7 Å². The maximum Gasteiger partial charge on any atom is 0.138 e. The molecule has 5 rings (SSSR count). The highest BCUT2D eigenvalue weighted by Gasteiger charge is 2.40. The summed E-state index contributed by atoms with van der Waals surface area (Å²) in [4.78, 5) is 17.6. The lowest BCUT2D eigenvalue weighted by molar-refractivity contribution is 0.433. The van der Waals surface area contributed by atoms with Gasteiger partial charge in [-0.2, -0.15) is 0 Å². The summed E-state index contributed by atoms with van der Waals surface area (Å²) < 4.78 is 3.48. The van der Waals surface area contributed by atoms with E-state index in [-0.39, 0.29) is 22.4 Å². The smallest absolute Gasteiger partial charge is 0.138 e. The van der Waals surface area contributed by atoms with Gasteiger partial charge in [-0.15, -0.1) is 0 Å². The van der Waals surface area contributed by atoms with E-state index in [1.54, 1.807) is 0 Å². The first kappa shape index (κ1) is 31.1. The summed E-state index contributed by atoms with van der Waals surface area (Å²) in [5.74, 6) is 2.39. The number of hydrogen-bond donors (Lipinski definition) is 2. The van der Waals surface area contributed by atoms with E-state index in [0.717, 1.165) is 65.1 Å². The van der Waals surface area contributed by atoms with Crippen molar-refractivity contribution in [3.05, 3.63) is 83.8 Å². The lowest BCUT2D eigenvalue weighted by Crippen LogP contribution is -2.40. The number of aromatic nitrogens is 3. The third-order valence-corrected chi connectivity index (χ3v) is 9.09. The molecule has 6 nitrogen and oxygen atoms in total. The minimum absolute atomic E-state index is 0.0296. The molecule has 0 spiro atoms. The van der Waals surface area contributed by atoms with Crippen molar-refractivity contribution < 1.29 is 0 Å². The summed E-state index contributed by atoms with van der Waals surface area (Å²) in [6, 6.07) is 14.8. The highest BCUT2D eigenvalue weighted by atomic mass is 32.2. The largest absolute Gasteiger partial charge is 0.362 e. The third kappa shape index (κ3) is 7.61. The van der Waals surface area contributed by atoms with Gasteiger partial charge >= 0.3 is 0 Å². The van der Waals surface area contributed by atoms with E-state index in [1.807, 2.05) is 18.3 Å². The predicted molar refractivity (Wildman–Crippen MR) is 183 cm³/mol. The van der Waals surface area contributed by atoms with Crippen LogP contribution in [0, 0.1) is 11.3 Å². The number of rotatable bonds is 2. The maximum absolute atomic E-state index is 5.30. The first-order chi connectivity index (χ1) is 20.2. The normalized spacial score (nSPS) is 21.0. The fourth-order valence-electron chi connectivity index (χ4n) is 5.96. The summed E-state index contributed by atoms with van der Waals surface area (Å²) in [7, 11) is 0. The van der Waals surface area contributed by atoms with E-state index in [2.05, 4.69) is 119 Å². The zero-order chi connectivity index (χ0) is 31.0. The Morgan fingerprint density at radius 3 is 2.56 bits per heavy atom. The zero-order valence-corrected chi connectivity index (χ0v) is 28.0. The molecular weight excluding hydrogens is 549 g/mol. The maximum atomic E-state index is 5.30. The summed E-state index contributed by atoms with van der Waals surface area (Å²) >= 11 is 1.48. The van der Waals surface area contributed by atoms with Crippen molar-refractivity contribution in [2.45, 2.75) is 96.7 Å². The van der Waals surface area contributed by atoms with Crippen LogP contribution in [0.4, 0.5) is 11.6 Å². The Hall–Kier alpha value is -3.32. The number of pyridine rings is 3. The van der Waals surface area contributed by atoms with Crippen LogP contribution < -0.4 is 14.9 Å². The molecule has 4 bridgehead atoms. The van der Waals surface area contributed by atoms with Crippen LogP contribution in [0.3, 0.4) is 0 Å². The van der Waals surface area contributed by atoms with E-state index < -0.39 is 0 Å². The molecule has 2 unspecified atom stereocenters. The standard InChI is InChI=1S/C36H48N6S/c1-24-27-14-16-30(35(5,6)7)39-33(27)42-23-26(22-36(42,8)9)13-15-28(38-31-11-10-12-32(40-31)43-41-24)29-21-25(18-20-37-29)17-19-34(2,3)4/h10-12,14,16-21,26,28,41H,1,13,15,22-23H2,2-9H3,(H,38,40)/b19-17+. The summed E-state index contributed by atoms with van der Waals surface area (Å²) in [5, 5.41) is 4.62. The molecule has 1 saturated heterocycles. The quantitative estimate of drug-likeness (QED) is 0.286. The van der Waals surface area contributed by atoms with Gasteiger partial charge in [0.2, 0.25) is 0 Å². The molecule has 228 valence electrons. The molecular formula is C36H48N6S. The van der Waals surface area contributed by atoms with Gasteiger partial charge < -0.3 is 14.9 Å². The lowest BCUT2D eigenvalue weighted by atomic mass is 9.90. The molecule has 0 amide bonds. The Labute approximate surface area is 263 Å². The van der Waals surface area contributed by atoms with Gasteiger partial charge in [0, 0.05) is 52.6 Å². The van der Waals surface area contributed by atoms with Gasteiger partial charge in [0.15, 0.2) is 0 Å². The van der Waals surface area contributed by atoms with Crippen LogP contribution in [0.1, 0.15) is 103 Å². The molecule has 2 aliphatic heterocycles. The predicted octanol–water partition coefficient (Wildman–Crippen LogP) is 9.05. The highest BCUT2D eigenvalue weighted by Crippen LogP contribution is 2.42. The molecule has 0 aromatic carbocycles. The highest BCUT2D eigenvalue weighted by molar-refractivity contribution is 7.97. The number of hydrogen-bond acceptors (Lipinski definition) is 7. The van der Waals surface area contributed by atoms with Gasteiger partial charge in [0.05, 0.1) is 11.7 Å². The Morgan fingerprint density at radius 2 is 1.81 bits per heavy atom. The molecule has 7 heteroatoms. The second kappa shape index (κ2) is 12.0. The number of anilines is 2. The van der Waals surface area contributed by atoms with Gasteiger partial charge in [0.25, 0.3) is 0 Å². The lowest BCUT2D eigenvalue weighted by Gasteiger charge is -2.35. The van der Waals surface area contributed by atoms with Gasteiger partial charge in [-0.3, -0.25) is 4.98 Å². The van der Waals surface area contributed by atoms with Crippen molar-refractivity contribution in [1.29, 1.82) is 0 Å². The minimum Gasteiger partial charge on any atom is -0.362 e. The van der Waals surface area contributed by atoms with Crippen molar-refractivity contribution in [3.63, 3.8) is 0 Å². The second-order valence-corrected chi connectivity index (χ2v) is 15.7. The van der Waals surface area contributed by atoms with Crippen LogP contribution in [-0.2, 0) is 5.41 Å². The van der Waals surface area contributed by atoms with Gasteiger partial charge in [-0.25, -0.2) is 9.97 Å². The fraction of sp³-hybridized carbons (Fsp3) is 0.472. The Bertz CT molecular complexity index is 1500. The second-order valence-electron chi connectivity index (χ2n) is 14.8. The number of allylic oxidation sites excluding steroid dienone is 1. The molecule has 0 aliphatic carbocycles. The molecule has 3 aromatic heterocycles. The van der Waals surface area contributed by atoms with Crippen molar-refractivity contribution in [2.75, 3.05) is 16.8 Å². The van der Waals surface area contributed by atoms with Crippen LogP contribution >= 0.6 is 11.9 Å². The Morgan fingerprint density at radius 1 is 1.02 bits per heavy atom. The Balaban J connectivity index is 1.53. The topological polar surface area (TPSA) is 66.0 Å². The van der Waals surface area contributed by atoms with Crippen LogP contribution in [0.2, 0.25) is 0 Å². The minimum atomic E-state index is -0.0499. The van der Waals surface area contributed by atoms with Gasteiger partial charge in [0.1, 0.15) is 16.7 Å². The Kier molecular flexibility index (Phi) is 8.68. The van der Waals surface area contributed by atoms with Crippen LogP contribution in [0.25, 0.3) is 11.8 Å². The SMILES string of the molecule is C=C1NSc2cccc(n2)NC(c2cc(/C=C/C(C)(C)C)ccn2)CCC2CN(c3nc(C(C)(C)C)ccc31)C(C)(C)C2. The van der Waals surface area contributed by atoms with E-state index in [1.165, 1.54) is 17.5 Å². The zero-order valence-electron chi connectivity index (χ0n) is 27.2. The van der Waals surface area contributed by atoms with E-state index in [9.17, 15) is 0 Å². The van der Waals surface area contributed by atoms with Gasteiger partial charge in [-0.1, -0.05) is 66.3 Å². The van der Waals surface area contributed by atoms with Crippen LogP contribution in [-0.4, -0.2) is 27.0 Å². The molecule has 2 aliphatic rings. The summed E-state index contributed by atoms with van der Waals surface area (Å²) in [5.41, 5.74) is 5.22. The first-order valence-electron chi connectivity index (χ1n) is 15.5. The number of nitrogens with zero attached hydrogens (tertiary/aromatic N) is 4. The van der Waals surface area contributed by atoms with Crippen LogP contribution in [0.5, 0.6) is 0 Å². The molecule has 0 saturated carbocycles. The van der Waals surface area contributed by atoms with Crippen molar-refractivity contribution in [3.8, 4) is 0 Å². The van der Waals surface area contributed by atoms with E-state index in [0.29, 0.717) is 5.92 Å². The average molecular weight is 597 g/mol. The molecule has 0 radical (unpaired) electrons. The third-order valence-electron chi connectivity index (χ3n) is 8.31. The van der Waals surface area contributed by atoms with Crippen molar-refractivity contribution >= 4 is 35.4 Å². The summed E-state index contributed by atoms with van der Waals surface area (Å²) in [6.07, 6.45) is 9.53. The van der Waals surface area contributed by atoms with Gasteiger partial charge in [-0.05, 0) is 86.4 Å². The van der Waals surface area contributed by atoms with E-state index >= 15 is 0 Å². The average Bonchev–Trinajstić information content (AvgIpc) is 3.25. The molecule has 1 fully saturated rings. The molecule has 3 aromatic rings. The molecule has 5 heterocycles. The van der Waals surface area contributed by atoms with Crippen molar-refractivity contribution in [2.24, 2.45) is 11.3 Å². The van der Waals surface area contributed by atoms with E-state index in [4.69, 9.17) is 15.0 Å². The number of nitrogens with one attached hydrogen (secondary N) is 2. The summed E-state index contributed by atoms with van der Waals surface area (Å²) in [6.45, 7) is 23.4. The van der Waals surface area contributed by atoms with Crippen LogP contribution in [0.15, 0.2) is 66.3 Å². The first-order valence-corrected chi connectivity index (χ1v) is 16.3. The molecule has 2 N–H and O–H groups in total. The fourth-order valence-corrected chi connectivity index (χ4v) is 6.59. The molecule has 43 heavy (non-hydrogen) atoms. The monoisotopic (exact) mass is 596 g/mol. The molecule has 2 atom stereocenters. The number of fused-ring (bicyclic) bond motifs is 6.